The van der Waals surface area contributed by atoms with Crippen LogP contribution >= 0.6 is 0 Å². The average molecular weight is 140 g/mol. The molecule has 2 nitrogen and oxygen atoms in total. The number of piperidine rings is 1. The molecule has 0 radical (unpaired) electrons. The highest BCUT2D eigenvalue weighted by molar-refractivity contribution is 4.98. The van der Waals surface area contributed by atoms with E-state index in [1.54, 1.807) is 0 Å². The number of hydrogen-bond acceptors (Lipinski definition) is 2. The molecule has 0 amide bonds. The largest absolute Gasteiger partial charge is 0.327 e. The minimum Gasteiger partial charge on any atom is -0.327 e. The predicted octanol–water partition coefficient (Wildman–Crippen LogP) is 0.428. The van der Waals surface area contributed by atoms with E-state index in [0.29, 0.717) is 6.04 Å². The van der Waals surface area contributed by atoms with Crippen molar-refractivity contribution in [3.8, 4) is 0 Å². The van der Waals surface area contributed by atoms with Crippen LogP contribution < -0.4 is 5.73 Å². The summed E-state index contributed by atoms with van der Waals surface area (Å²) in [5.74, 6) is 0.824. The molecule has 1 aliphatic heterocycles. The molecular weight excluding hydrogens is 124 g/mol. The van der Waals surface area contributed by atoms with Crippen molar-refractivity contribution in [1.29, 1.82) is 0 Å². The molecule has 0 aromatic rings. The van der Waals surface area contributed by atoms with Crippen LogP contribution in [0, 0.1) is 5.92 Å². The number of rotatable bonds is 1. The molecule has 0 aromatic carbocycles. The summed E-state index contributed by atoms with van der Waals surface area (Å²) in [5.41, 5.74) is 5.91. The van der Waals surface area contributed by atoms with Crippen LogP contribution in [-0.2, 0) is 0 Å². The maximum atomic E-state index is 5.91. The zero-order valence-corrected chi connectivity index (χ0v) is 6.59. The first-order valence-electron chi connectivity index (χ1n) is 4.31. The van der Waals surface area contributed by atoms with Crippen LogP contribution in [0.15, 0.2) is 0 Å². The van der Waals surface area contributed by atoms with Crippen LogP contribution in [0.3, 0.4) is 0 Å². The Morgan fingerprint density at radius 2 is 2.30 bits per heavy atom. The molecule has 2 N–H and O–H groups in total. The van der Waals surface area contributed by atoms with E-state index in [2.05, 4.69) is 11.8 Å². The molecular formula is C8H16N2. The van der Waals surface area contributed by atoms with E-state index < -0.39 is 0 Å². The van der Waals surface area contributed by atoms with Crippen molar-refractivity contribution >= 4 is 0 Å². The van der Waals surface area contributed by atoms with Gasteiger partial charge in [0.1, 0.15) is 0 Å². The van der Waals surface area contributed by atoms with Crippen LogP contribution in [0.4, 0.5) is 0 Å². The summed E-state index contributed by atoms with van der Waals surface area (Å²) in [6.07, 6.45) is 2.62. The number of nitrogens with zero attached hydrogens (tertiary/aromatic N) is 1. The first kappa shape index (κ1) is 6.62. The van der Waals surface area contributed by atoms with E-state index in [4.69, 9.17) is 5.73 Å². The Bertz CT molecular complexity index is 133. The second-order valence-corrected chi connectivity index (χ2v) is 3.64. The second-order valence-electron chi connectivity index (χ2n) is 3.64. The zero-order valence-electron chi connectivity index (χ0n) is 6.59. The van der Waals surface area contributed by atoms with Gasteiger partial charge in [-0.15, -0.1) is 0 Å². The van der Waals surface area contributed by atoms with Crippen LogP contribution in [0.2, 0.25) is 0 Å². The van der Waals surface area contributed by atoms with Crippen LogP contribution in [0.1, 0.15) is 19.8 Å². The van der Waals surface area contributed by atoms with Gasteiger partial charge in [-0.1, -0.05) is 6.92 Å². The number of hydrogen-bond donors (Lipinski definition) is 1. The third kappa shape index (κ3) is 0.789. The Hall–Kier alpha value is -0.0800. The van der Waals surface area contributed by atoms with E-state index in [1.165, 1.54) is 25.9 Å². The normalized spacial score (nSPS) is 46.8. The molecule has 2 rings (SSSR count). The first-order valence-corrected chi connectivity index (χ1v) is 4.31. The molecule has 1 saturated carbocycles. The lowest BCUT2D eigenvalue weighted by atomic mass is 10.0. The van der Waals surface area contributed by atoms with Crippen LogP contribution in [-0.4, -0.2) is 30.1 Å². The van der Waals surface area contributed by atoms with Gasteiger partial charge < -0.3 is 10.6 Å². The Kier molecular flexibility index (Phi) is 1.46. The Morgan fingerprint density at radius 1 is 1.50 bits per heavy atom. The highest BCUT2D eigenvalue weighted by Gasteiger charge is 2.41. The van der Waals surface area contributed by atoms with Crippen molar-refractivity contribution < 1.29 is 0 Å². The fourth-order valence-electron chi connectivity index (χ4n) is 2.47. The molecule has 58 valence electrons. The molecule has 2 aliphatic rings. The van der Waals surface area contributed by atoms with Gasteiger partial charge in [0.05, 0.1) is 0 Å². The quantitative estimate of drug-likeness (QED) is 0.572. The summed E-state index contributed by atoms with van der Waals surface area (Å²) in [6.45, 7) is 4.72. The molecule has 0 spiro atoms. The van der Waals surface area contributed by atoms with Crippen molar-refractivity contribution in [3.63, 3.8) is 0 Å². The van der Waals surface area contributed by atoms with Gasteiger partial charge in [0.25, 0.3) is 0 Å². The van der Waals surface area contributed by atoms with E-state index in [-0.39, 0.29) is 0 Å². The summed E-state index contributed by atoms with van der Waals surface area (Å²) in [6, 6.07) is 1.36. The fraction of sp³-hybridized carbons (Fsp3) is 1.00. The summed E-state index contributed by atoms with van der Waals surface area (Å²) < 4.78 is 0. The molecule has 10 heavy (non-hydrogen) atoms. The summed E-state index contributed by atoms with van der Waals surface area (Å²) >= 11 is 0. The summed E-state index contributed by atoms with van der Waals surface area (Å²) in [7, 11) is 0. The molecule has 1 saturated heterocycles. The topological polar surface area (TPSA) is 29.3 Å². The lowest BCUT2D eigenvalue weighted by molar-refractivity contribution is 0.210. The summed E-state index contributed by atoms with van der Waals surface area (Å²) in [4.78, 5) is 2.56. The molecule has 2 unspecified atom stereocenters. The van der Waals surface area contributed by atoms with Gasteiger partial charge in [0.2, 0.25) is 0 Å². The van der Waals surface area contributed by atoms with Gasteiger partial charge in [-0.3, -0.25) is 0 Å². The van der Waals surface area contributed by atoms with Crippen molar-refractivity contribution in [2.45, 2.75) is 31.8 Å². The third-order valence-electron chi connectivity index (χ3n) is 3.12. The van der Waals surface area contributed by atoms with Gasteiger partial charge in [0.15, 0.2) is 0 Å². The first-order chi connectivity index (χ1) is 4.81. The van der Waals surface area contributed by atoms with E-state index in [1.807, 2.05) is 0 Å². The van der Waals surface area contributed by atoms with Crippen molar-refractivity contribution in [1.82, 2.24) is 4.90 Å². The van der Waals surface area contributed by atoms with Crippen LogP contribution in [0.25, 0.3) is 0 Å². The third-order valence-corrected chi connectivity index (χ3v) is 3.12. The molecule has 2 fully saturated rings. The zero-order chi connectivity index (χ0) is 7.14. The predicted molar refractivity (Wildman–Crippen MR) is 41.7 cm³/mol. The number of nitrogens with two attached hydrogens (primary N) is 1. The fourth-order valence-corrected chi connectivity index (χ4v) is 2.47. The lowest BCUT2D eigenvalue weighted by Gasteiger charge is -2.28. The maximum absolute atomic E-state index is 5.91. The Balaban J connectivity index is 2.02. The van der Waals surface area contributed by atoms with Gasteiger partial charge in [-0.25, -0.2) is 0 Å². The molecule has 0 aromatic heterocycles. The van der Waals surface area contributed by atoms with Gasteiger partial charge in [-0.2, -0.15) is 0 Å². The molecule has 1 aliphatic carbocycles. The van der Waals surface area contributed by atoms with Gasteiger partial charge >= 0.3 is 0 Å². The van der Waals surface area contributed by atoms with Crippen molar-refractivity contribution in [2.24, 2.45) is 11.7 Å². The highest BCUT2D eigenvalue weighted by atomic mass is 15.2. The smallest absolute Gasteiger partial charge is 0.0114 e. The SMILES string of the molecule is CCN1CC2CC1C[C@H]2N. The Labute approximate surface area is 62.4 Å². The number of likely N-dealkylation sites (tertiary alicyclic amines) is 1. The highest BCUT2D eigenvalue weighted by Crippen LogP contribution is 2.36. The molecule has 1 heterocycles. The average Bonchev–Trinajstić information content (AvgIpc) is 2.44. The van der Waals surface area contributed by atoms with Crippen molar-refractivity contribution in [3.05, 3.63) is 0 Å². The second kappa shape index (κ2) is 2.21. The molecule has 2 bridgehead atoms. The standard InChI is InChI=1S/C8H16N2/c1-2-10-5-6-3-7(10)4-8(6)9/h6-8H,2-5,9H2,1H3/t6?,7?,8-/m1/s1. The molecule has 2 heteroatoms. The van der Waals surface area contributed by atoms with Crippen LogP contribution in [0.5, 0.6) is 0 Å². The Morgan fingerprint density at radius 3 is 2.70 bits per heavy atom. The summed E-state index contributed by atoms with van der Waals surface area (Å²) in [5, 5.41) is 0. The van der Waals surface area contributed by atoms with E-state index >= 15 is 0 Å². The maximum Gasteiger partial charge on any atom is 0.0114 e. The lowest BCUT2D eigenvalue weighted by Crippen LogP contribution is -2.40. The van der Waals surface area contributed by atoms with E-state index in [0.717, 1.165) is 12.0 Å². The van der Waals surface area contributed by atoms with E-state index in [9.17, 15) is 0 Å². The minimum atomic E-state index is 0.521. The minimum absolute atomic E-state index is 0.521. The van der Waals surface area contributed by atoms with Gasteiger partial charge in [-0.05, 0) is 25.3 Å². The molecule has 3 atom stereocenters. The monoisotopic (exact) mass is 140 g/mol. The van der Waals surface area contributed by atoms with Gasteiger partial charge in [0, 0.05) is 18.6 Å². The van der Waals surface area contributed by atoms with Crippen molar-refractivity contribution in [2.75, 3.05) is 13.1 Å². The number of fused-ring (bicyclic) bond motifs is 2.